The Kier molecular flexibility index (Phi) is 3.86. The third kappa shape index (κ3) is 2.75. The van der Waals surface area contributed by atoms with Crippen LogP contribution in [-0.2, 0) is 13.1 Å². The fourth-order valence-corrected chi connectivity index (χ4v) is 2.63. The second-order valence-electron chi connectivity index (χ2n) is 5.28. The first-order valence-corrected chi connectivity index (χ1v) is 7.33. The van der Waals surface area contributed by atoms with Crippen LogP contribution in [-0.4, -0.2) is 22.3 Å². The summed E-state index contributed by atoms with van der Waals surface area (Å²) in [5.41, 5.74) is 3.99. The van der Waals surface area contributed by atoms with Crippen molar-refractivity contribution in [3.8, 4) is 0 Å². The Morgan fingerprint density at radius 2 is 1.95 bits per heavy atom. The summed E-state index contributed by atoms with van der Waals surface area (Å²) in [4.78, 5) is 18.7. The number of amides is 1. The van der Waals surface area contributed by atoms with Crippen LogP contribution in [0.5, 0.6) is 0 Å². The molecule has 1 amide bonds. The highest BCUT2D eigenvalue weighted by Gasteiger charge is 2.25. The lowest BCUT2D eigenvalue weighted by Crippen LogP contribution is -2.26. The van der Waals surface area contributed by atoms with Crippen LogP contribution < -0.4 is 5.32 Å². The summed E-state index contributed by atoms with van der Waals surface area (Å²) in [5, 5.41) is 3.30. The van der Waals surface area contributed by atoms with Gasteiger partial charge in [-0.25, -0.2) is 0 Å². The number of hydrogen-bond donors (Lipinski definition) is 1. The minimum absolute atomic E-state index is 0.0397. The fraction of sp³-hybridized carbons (Fsp3) is 0.294. The van der Waals surface area contributed by atoms with Crippen molar-refractivity contribution < 1.29 is 4.79 Å². The molecule has 1 aromatic heterocycles. The highest BCUT2D eigenvalue weighted by atomic mass is 16.2. The molecule has 0 saturated carbocycles. The van der Waals surface area contributed by atoms with Gasteiger partial charge in [0.2, 0.25) is 0 Å². The molecule has 0 radical (unpaired) electrons. The zero-order chi connectivity index (χ0) is 14.7. The minimum atomic E-state index is 0.0397. The fourth-order valence-electron chi connectivity index (χ4n) is 2.63. The maximum atomic E-state index is 12.7. The Hall–Kier alpha value is -2.36. The molecular formula is C17H19N3O. The lowest BCUT2D eigenvalue weighted by atomic mass is 10.1. The Bertz CT molecular complexity index is 629. The van der Waals surface area contributed by atoms with Gasteiger partial charge in [-0.15, -0.1) is 0 Å². The number of carbonyl (C=O) groups is 1. The molecule has 0 atom stereocenters. The molecule has 0 saturated heterocycles. The number of benzene rings is 1. The molecule has 1 N–H and O–H groups in total. The topological polar surface area (TPSA) is 45.2 Å². The van der Waals surface area contributed by atoms with Crippen molar-refractivity contribution in [2.24, 2.45) is 0 Å². The molecule has 4 heteroatoms. The number of carbonyl (C=O) groups excluding carboxylic acids is 1. The lowest BCUT2D eigenvalue weighted by molar-refractivity contribution is 0.0752. The number of pyridine rings is 1. The first kappa shape index (κ1) is 13.6. The smallest absolute Gasteiger partial charge is 0.258 e. The van der Waals surface area contributed by atoms with E-state index in [2.05, 4.69) is 29.4 Å². The predicted molar refractivity (Wildman–Crippen MR) is 83.0 cm³/mol. The van der Waals surface area contributed by atoms with Crippen molar-refractivity contribution in [3.05, 3.63) is 59.4 Å². The number of nitrogens with one attached hydrogen (secondary N) is 1. The molecule has 2 aromatic rings. The van der Waals surface area contributed by atoms with E-state index in [1.54, 1.807) is 12.4 Å². The minimum Gasteiger partial charge on any atom is -0.384 e. The van der Waals surface area contributed by atoms with Crippen molar-refractivity contribution in [1.29, 1.82) is 0 Å². The number of fused-ring (bicyclic) bond motifs is 1. The summed E-state index contributed by atoms with van der Waals surface area (Å²) in [6.45, 7) is 4.31. The van der Waals surface area contributed by atoms with Gasteiger partial charge in [0, 0.05) is 32.0 Å². The highest BCUT2D eigenvalue weighted by Crippen LogP contribution is 2.25. The van der Waals surface area contributed by atoms with Crippen LogP contribution in [0.2, 0.25) is 0 Å². The molecule has 3 rings (SSSR count). The van der Waals surface area contributed by atoms with Crippen molar-refractivity contribution in [3.63, 3.8) is 0 Å². The molecule has 2 heterocycles. The van der Waals surface area contributed by atoms with E-state index in [0.717, 1.165) is 18.7 Å². The van der Waals surface area contributed by atoms with E-state index in [1.807, 2.05) is 23.1 Å². The zero-order valence-corrected chi connectivity index (χ0v) is 12.2. The van der Waals surface area contributed by atoms with Crippen LogP contribution in [0.25, 0.3) is 0 Å². The Morgan fingerprint density at radius 1 is 1.24 bits per heavy atom. The van der Waals surface area contributed by atoms with E-state index < -0.39 is 0 Å². The van der Waals surface area contributed by atoms with E-state index in [9.17, 15) is 4.79 Å². The van der Waals surface area contributed by atoms with Gasteiger partial charge in [-0.3, -0.25) is 9.78 Å². The van der Waals surface area contributed by atoms with Gasteiger partial charge >= 0.3 is 0 Å². The SMILES string of the molecule is CCCNc1ccncc1C(=O)N1Cc2ccccc2C1. The van der Waals surface area contributed by atoms with Crippen molar-refractivity contribution in [2.45, 2.75) is 26.4 Å². The van der Waals surface area contributed by atoms with Gasteiger partial charge in [0.25, 0.3) is 5.91 Å². The Labute approximate surface area is 124 Å². The number of nitrogens with zero attached hydrogens (tertiary/aromatic N) is 2. The maximum Gasteiger partial charge on any atom is 0.258 e. The molecule has 0 fully saturated rings. The first-order chi connectivity index (χ1) is 10.3. The molecule has 0 bridgehead atoms. The van der Waals surface area contributed by atoms with E-state index in [4.69, 9.17) is 0 Å². The van der Waals surface area contributed by atoms with Crippen molar-refractivity contribution in [2.75, 3.05) is 11.9 Å². The molecule has 0 aliphatic carbocycles. The average molecular weight is 281 g/mol. The Balaban J connectivity index is 1.81. The van der Waals surface area contributed by atoms with Crippen LogP contribution in [0.15, 0.2) is 42.7 Å². The quantitative estimate of drug-likeness (QED) is 0.936. The van der Waals surface area contributed by atoms with Gasteiger partial charge in [-0.05, 0) is 23.6 Å². The third-order valence-corrected chi connectivity index (χ3v) is 3.74. The van der Waals surface area contributed by atoms with Crippen LogP contribution in [0, 0.1) is 0 Å². The van der Waals surface area contributed by atoms with E-state index in [0.29, 0.717) is 18.7 Å². The molecule has 1 aromatic carbocycles. The van der Waals surface area contributed by atoms with Crippen LogP contribution in [0.1, 0.15) is 34.8 Å². The third-order valence-electron chi connectivity index (χ3n) is 3.74. The van der Waals surface area contributed by atoms with Gasteiger partial charge in [-0.2, -0.15) is 0 Å². The van der Waals surface area contributed by atoms with Gasteiger partial charge in [-0.1, -0.05) is 31.2 Å². The van der Waals surface area contributed by atoms with Crippen LogP contribution in [0.3, 0.4) is 0 Å². The predicted octanol–water partition coefficient (Wildman–Crippen LogP) is 3.06. The maximum absolute atomic E-state index is 12.7. The summed E-state index contributed by atoms with van der Waals surface area (Å²) >= 11 is 0. The van der Waals surface area contributed by atoms with Crippen LogP contribution >= 0.6 is 0 Å². The molecule has 21 heavy (non-hydrogen) atoms. The van der Waals surface area contributed by atoms with E-state index in [-0.39, 0.29) is 5.91 Å². The molecule has 1 aliphatic heterocycles. The summed E-state index contributed by atoms with van der Waals surface area (Å²) < 4.78 is 0. The second-order valence-corrected chi connectivity index (χ2v) is 5.28. The zero-order valence-electron chi connectivity index (χ0n) is 12.2. The van der Waals surface area contributed by atoms with Gasteiger partial charge in [0.15, 0.2) is 0 Å². The molecular weight excluding hydrogens is 262 g/mol. The number of hydrogen-bond acceptors (Lipinski definition) is 3. The largest absolute Gasteiger partial charge is 0.384 e. The summed E-state index contributed by atoms with van der Waals surface area (Å²) in [5.74, 6) is 0.0397. The molecule has 0 unspecified atom stereocenters. The average Bonchev–Trinajstić information content (AvgIpc) is 2.96. The summed E-state index contributed by atoms with van der Waals surface area (Å²) in [6.07, 6.45) is 4.39. The number of anilines is 1. The second kappa shape index (κ2) is 5.95. The molecule has 1 aliphatic rings. The Morgan fingerprint density at radius 3 is 2.62 bits per heavy atom. The van der Waals surface area contributed by atoms with Crippen LogP contribution in [0.4, 0.5) is 5.69 Å². The summed E-state index contributed by atoms with van der Waals surface area (Å²) in [6, 6.07) is 10.1. The molecule has 0 spiro atoms. The van der Waals surface area contributed by atoms with E-state index in [1.165, 1.54) is 11.1 Å². The van der Waals surface area contributed by atoms with E-state index >= 15 is 0 Å². The van der Waals surface area contributed by atoms with Gasteiger partial charge in [0.05, 0.1) is 11.3 Å². The lowest BCUT2D eigenvalue weighted by Gasteiger charge is -2.18. The number of rotatable bonds is 4. The molecule has 4 nitrogen and oxygen atoms in total. The van der Waals surface area contributed by atoms with Gasteiger partial charge < -0.3 is 10.2 Å². The first-order valence-electron chi connectivity index (χ1n) is 7.33. The van der Waals surface area contributed by atoms with Crippen molar-refractivity contribution >= 4 is 11.6 Å². The monoisotopic (exact) mass is 281 g/mol. The van der Waals surface area contributed by atoms with Crippen molar-refractivity contribution in [1.82, 2.24) is 9.88 Å². The molecule has 108 valence electrons. The highest BCUT2D eigenvalue weighted by molar-refractivity contribution is 5.99. The normalized spacial score (nSPS) is 13.1. The van der Waals surface area contributed by atoms with Gasteiger partial charge in [0.1, 0.15) is 0 Å². The standard InChI is InChI=1S/C17H19N3O/c1-2-8-19-16-7-9-18-10-15(16)17(21)20-11-13-5-3-4-6-14(13)12-20/h3-7,9-10H,2,8,11-12H2,1H3,(H,18,19). The summed E-state index contributed by atoms with van der Waals surface area (Å²) in [7, 11) is 0. The number of aromatic nitrogens is 1.